The van der Waals surface area contributed by atoms with Crippen molar-refractivity contribution in [3.05, 3.63) is 85.7 Å². The van der Waals surface area contributed by atoms with Gasteiger partial charge in [0.1, 0.15) is 5.65 Å². The Bertz CT molecular complexity index is 1380. The standard InChI is InChI=1S/C25H25BrN4O2/c1-15-8-10-20(11-9-15)30-24-23(17(3)28-30)16(2)21(25(32)29(24)4)12-13-22(31)27-19-7-5-6-18(26)14-19/h5-11,14H,12-13H2,1-4H3,(H,27,31). The van der Waals surface area contributed by atoms with Gasteiger partial charge in [-0.05, 0) is 63.1 Å². The van der Waals surface area contributed by atoms with Gasteiger partial charge in [-0.2, -0.15) is 5.10 Å². The Morgan fingerprint density at radius 3 is 2.50 bits per heavy atom. The number of hydrogen-bond acceptors (Lipinski definition) is 3. The molecule has 0 aliphatic heterocycles. The Morgan fingerprint density at radius 2 is 1.81 bits per heavy atom. The normalized spacial score (nSPS) is 11.2. The number of pyridine rings is 1. The van der Waals surface area contributed by atoms with Crippen molar-refractivity contribution in [1.82, 2.24) is 14.3 Å². The van der Waals surface area contributed by atoms with Crippen LogP contribution in [0.15, 0.2) is 57.8 Å². The van der Waals surface area contributed by atoms with Gasteiger partial charge in [-0.3, -0.25) is 14.2 Å². The van der Waals surface area contributed by atoms with Crippen LogP contribution in [0.5, 0.6) is 0 Å². The van der Waals surface area contributed by atoms with Crippen LogP contribution in [-0.4, -0.2) is 20.3 Å². The zero-order chi connectivity index (χ0) is 23.0. The van der Waals surface area contributed by atoms with Crippen LogP contribution in [0.2, 0.25) is 0 Å². The topological polar surface area (TPSA) is 68.9 Å². The predicted octanol–water partition coefficient (Wildman–Crippen LogP) is 4.98. The molecule has 1 N–H and O–H groups in total. The molecule has 0 saturated carbocycles. The number of anilines is 1. The van der Waals surface area contributed by atoms with Crippen LogP contribution in [0.25, 0.3) is 16.7 Å². The maximum Gasteiger partial charge on any atom is 0.255 e. The number of nitrogens with zero attached hydrogens (tertiary/aromatic N) is 3. The maximum absolute atomic E-state index is 13.2. The lowest BCUT2D eigenvalue weighted by molar-refractivity contribution is -0.116. The van der Waals surface area contributed by atoms with Gasteiger partial charge in [0.25, 0.3) is 5.56 Å². The van der Waals surface area contributed by atoms with Gasteiger partial charge in [0, 0.05) is 34.6 Å². The fraction of sp³-hybridized carbons (Fsp3) is 0.240. The van der Waals surface area contributed by atoms with Crippen LogP contribution in [0.3, 0.4) is 0 Å². The zero-order valence-corrected chi connectivity index (χ0v) is 20.2. The van der Waals surface area contributed by atoms with E-state index in [-0.39, 0.29) is 17.9 Å². The lowest BCUT2D eigenvalue weighted by atomic mass is 10.0. The Balaban J connectivity index is 1.68. The number of nitrogens with one attached hydrogen (secondary N) is 1. The van der Waals surface area contributed by atoms with E-state index in [0.29, 0.717) is 12.0 Å². The summed E-state index contributed by atoms with van der Waals surface area (Å²) in [4.78, 5) is 25.7. The number of aromatic nitrogens is 3. The molecule has 1 amide bonds. The van der Waals surface area contributed by atoms with Gasteiger partial charge in [0.2, 0.25) is 5.91 Å². The molecule has 2 heterocycles. The first-order valence-electron chi connectivity index (χ1n) is 10.5. The highest BCUT2D eigenvalue weighted by atomic mass is 79.9. The van der Waals surface area contributed by atoms with Crippen molar-refractivity contribution in [2.75, 3.05) is 5.32 Å². The van der Waals surface area contributed by atoms with E-state index in [4.69, 9.17) is 5.10 Å². The molecule has 0 aliphatic carbocycles. The van der Waals surface area contributed by atoms with Crippen molar-refractivity contribution in [3.63, 3.8) is 0 Å². The second-order valence-corrected chi connectivity index (χ2v) is 8.97. The third kappa shape index (κ3) is 4.12. The number of hydrogen-bond donors (Lipinski definition) is 1. The van der Waals surface area contributed by atoms with E-state index < -0.39 is 0 Å². The fourth-order valence-electron chi connectivity index (χ4n) is 4.06. The van der Waals surface area contributed by atoms with Crippen molar-refractivity contribution >= 4 is 38.6 Å². The number of benzene rings is 2. The van der Waals surface area contributed by atoms with E-state index in [0.717, 1.165) is 43.7 Å². The van der Waals surface area contributed by atoms with E-state index in [1.54, 1.807) is 11.6 Å². The highest BCUT2D eigenvalue weighted by molar-refractivity contribution is 9.10. The quantitative estimate of drug-likeness (QED) is 0.426. The first-order chi connectivity index (χ1) is 15.3. The summed E-state index contributed by atoms with van der Waals surface area (Å²) in [6.07, 6.45) is 0.586. The molecule has 2 aromatic heterocycles. The lowest BCUT2D eigenvalue weighted by Gasteiger charge is -2.13. The fourth-order valence-corrected chi connectivity index (χ4v) is 4.46. The van der Waals surface area contributed by atoms with Crippen LogP contribution in [0.4, 0.5) is 5.69 Å². The summed E-state index contributed by atoms with van der Waals surface area (Å²) in [5.41, 5.74) is 5.84. The second-order valence-electron chi connectivity index (χ2n) is 8.06. The number of halogens is 1. The molecular formula is C25H25BrN4O2. The number of rotatable bonds is 5. The third-order valence-corrected chi connectivity index (χ3v) is 6.23. The van der Waals surface area contributed by atoms with Gasteiger partial charge in [-0.1, -0.05) is 39.7 Å². The second kappa shape index (κ2) is 8.74. The molecule has 2 aromatic carbocycles. The summed E-state index contributed by atoms with van der Waals surface area (Å²) in [6.45, 7) is 5.93. The lowest BCUT2D eigenvalue weighted by Crippen LogP contribution is -2.25. The molecule has 6 nitrogen and oxygen atoms in total. The molecule has 4 rings (SSSR count). The molecule has 0 unspecified atom stereocenters. The van der Waals surface area contributed by atoms with E-state index in [1.807, 2.05) is 74.0 Å². The van der Waals surface area contributed by atoms with Gasteiger partial charge in [0.15, 0.2) is 0 Å². The molecule has 0 saturated heterocycles. The molecule has 0 spiro atoms. The summed E-state index contributed by atoms with van der Waals surface area (Å²) < 4.78 is 4.36. The van der Waals surface area contributed by atoms with Crippen molar-refractivity contribution in [2.45, 2.75) is 33.6 Å². The Labute approximate surface area is 195 Å². The molecule has 0 aliphatic rings. The van der Waals surface area contributed by atoms with E-state index >= 15 is 0 Å². The molecule has 0 bridgehead atoms. The average molecular weight is 493 g/mol. The van der Waals surface area contributed by atoms with Gasteiger partial charge in [-0.15, -0.1) is 0 Å². The monoisotopic (exact) mass is 492 g/mol. The van der Waals surface area contributed by atoms with Crippen LogP contribution in [0, 0.1) is 20.8 Å². The summed E-state index contributed by atoms with van der Waals surface area (Å²) in [5.74, 6) is -0.128. The number of amides is 1. The van der Waals surface area contributed by atoms with E-state index in [2.05, 4.69) is 21.2 Å². The Hall–Kier alpha value is -3.19. The van der Waals surface area contributed by atoms with Crippen LogP contribution in [0.1, 0.15) is 28.8 Å². The van der Waals surface area contributed by atoms with E-state index in [1.165, 1.54) is 0 Å². The minimum Gasteiger partial charge on any atom is -0.326 e. The third-order valence-electron chi connectivity index (χ3n) is 5.73. The van der Waals surface area contributed by atoms with Gasteiger partial charge >= 0.3 is 0 Å². The number of fused-ring (bicyclic) bond motifs is 1. The van der Waals surface area contributed by atoms with Gasteiger partial charge < -0.3 is 5.32 Å². The molecule has 4 aromatic rings. The summed E-state index contributed by atoms with van der Waals surface area (Å²) in [7, 11) is 1.76. The molecule has 0 atom stereocenters. The molecule has 164 valence electrons. The SMILES string of the molecule is Cc1ccc(-n2nc(C)c3c(C)c(CCC(=O)Nc4cccc(Br)c4)c(=O)n(C)c32)cc1. The first-order valence-corrected chi connectivity index (χ1v) is 11.3. The number of aryl methyl sites for hydroxylation is 4. The molecular weight excluding hydrogens is 468 g/mol. The van der Waals surface area contributed by atoms with Gasteiger partial charge in [0.05, 0.1) is 11.4 Å². The van der Waals surface area contributed by atoms with Crippen molar-refractivity contribution in [2.24, 2.45) is 7.05 Å². The van der Waals surface area contributed by atoms with Crippen molar-refractivity contribution in [3.8, 4) is 5.69 Å². The van der Waals surface area contributed by atoms with Crippen LogP contribution >= 0.6 is 15.9 Å². The van der Waals surface area contributed by atoms with Crippen molar-refractivity contribution in [1.29, 1.82) is 0 Å². The molecule has 32 heavy (non-hydrogen) atoms. The molecule has 7 heteroatoms. The largest absolute Gasteiger partial charge is 0.326 e. The van der Waals surface area contributed by atoms with Crippen LogP contribution < -0.4 is 10.9 Å². The number of carbonyl (C=O) groups is 1. The minimum absolute atomic E-state index is 0.0986. The highest BCUT2D eigenvalue weighted by Gasteiger charge is 2.20. The zero-order valence-electron chi connectivity index (χ0n) is 18.6. The maximum atomic E-state index is 13.2. The molecule has 0 fully saturated rings. The molecule has 0 radical (unpaired) electrons. The number of carbonyl (C=O) groups excluding carboxylic acids is 1. The average Bonchev–Trinajstić information content (AvgIpc) is 3.10. The summed E-state index contributed by atoms with van der Waals surface area (Å²) in [5, 5.41) is 8.57. The summed E-state index contributed by atoms with van der Waals surface area (Å²) in [6, 6.07) is 15.5. The van der Waals surface area contributed by atoms with Gasteiger partial charge in [-0.25, -0.2) is 4.68 Å². The van der Waals surface area contributed by atoms with Crippen molar-refractivity contribution < 1.29 is 4.79 Å². The highest BCUT2D eigenvalue weighted by Crippen LogP contribution is 2.26. The smallest absolute Gasteiger partial charge is 0.255 e. The Morgan fingerprint density at radius 1 is 1.09 bits per heavy atom. The predicted molar refractivity (Wildman–Crippen MR) is 132 cm³/mol. The van der Waals surface area contributed by atoms with Crippen LogP contribution in [-0.2, 0) is 18.3 Å². The Kier molecular flexibility index (Phi) is 6.02. The first kappa shape index (κ1) is 22.0. The minimum atomic E-state index is -0.128. The van der Waals surface area contributed by atoms with E-state index in [9.17, 15) is 9.59 Å². The summed E-state index contributed by atoms with van der Waals surface area (Å²) >= 11 is 3.40.